The Balaban J connectivity index is 1.69. The highest BCUT2D eigenvalue weighted by atomic mass is 16.2. The van der Waals surface area contributed by atoms with Gasteiger partial charge < -0.3 is 5.32 Å². The summed E-state index contributed by atoms with van der Waals surface area (Å²) in [4.78, 5) is 11.7. The van der Waals surface area contributed by atoms with Crippen LogP contribution >= 0.6 is 0 Å². The van der Waals surface area contributed by atoms with Crippen LogP contribution in [-0.2, 0) is 11.3 Å². The lowest BCUT2D eigenvalue weighted by Crippen LogP contribution is -2.29. The molecule has 0 unspecified atom stereocenters. The summed E-state index contributed by atoms with van der Waals surface area (Å²) in [6.45, 7) is 2.86. The van der Waals surface area contributed by atoms with Gasteiger partial charge >= 0.3 is 0 Å². The number of hydrogen-bond acceptors (Lipinski definition) is 3. The summed E-state index contributed by atoms with van der Waals surface area (Å²) < 4.78 is 1.61. The first-order valence-corrected chi connectivity index (χ1v) is 6.55. The van der Waals surface area contributed by atoms with Gasteiger partial charge in [-0.2, -0.15) is 0 Å². The van der Waals surface area contributed by atoms with Crippen LogP contribution in [0.5, 0.6) is 0 Å². The largest absolute Gasteiger partial charge is 0.354 e. The maximum atomic E-state index is 11.7. The van der Waals surface area contributed by atoms with Crippen molar-refractivity contribution in [3.63, 3.8) is 0 Å². The zero-order valence-electron chi connectivity index (χ0n) is 10.9. The van der Waals surface area contributed by atoms with Crippen molar-refractivity contribution in [1.29, 1.82) is 0 Å². The van der Waals surface area contributed by atoms with Crippen molar-refractivity contribution in [2.24, 2.45) is 0 Å². The predicted octanol–water partition coefficient (Wildman–Crippen LogP) is 1.59. The maximum Gasteiger partial charge on any atom is 0.241 e. The van der Waals surface area contributed by atoms with E-state index >= 15 is 0 Å². The van der Waals surface area contributed by atoms with E-state index < -0.39 is 0 Å². The van der Waals surface area contributed by atoms with Gasteiger partial charge in [0.1, 0.15) is 6.54 Å². The second-order valence-electron chi connectivity index (χ2n) is 4.74. The molecule has 1 N–H and O–H groups in total. The number of carbonyl (C=O) groups is 1. The van der Waals surface area contributed by atoms with Crippen molar-refractivity contribution in [1.82, 2.24) is 20.3 Å². The van der Waals surface area contributed by atoms with Crippen LogP contribution in [0.4, 0.5) is 0 Å². The Kier molecular flexibility index (Phi) is 4.50. The van der Waals surface area contributed by atoms with Crippen LogP contribution in [-0.4, -0.2) is 27.4 Å². The fourth-order valence-electron chi connectivity index (χ4n) is 2.15. The zero-order valence-corrected chi connectivity index (χ0v) is 10.9. The SMILES string of the molecule is Cc1cnnn1CC(=O)NCCC1=CCCCC1. The molecule has 0 aromatic carbocycles. The smallest absolute Gasteiger partial charge is 0.241 e. The Bertz CT molecular complexity index is 436. The van der Waals surface area contributed by atoms with Gasteiger partial charge in [-0.15, -0.1) is 5.10 Å². The van der Waals surface area contributed by atoms with E-state index in [1.165, 1.54) is 31.3 Å². The lowest BCUT2D eigenvalue weighted by Gasteiger charge is -2.13. The zero-order chi connectivity index (χ0) is 12.8. The molecule has 0 saturated carbocycles. The molecular weight excluding hydrogens is 228 g/mol. The number of amides is 1. The summed E-state index contributed by atoms with van der Waals surface area (Å²) in [5.74, 6) is 0.00000874. The number of hydrogen-bond donors (Lipinski definition) is 1. The molecule has 0 atom stereocenters. The summed E-state index contributed by atoms with van der Waals surface area (Å²) in [5.41, 5.74) is 2.39. The Morgan fingerprint density at radius 1 is 1.50 bits per heavy atom. The van der Waals surface area contributed by atoms with Gasteiger partial charge in [-0.1, -0.05) is 16.9 Å². The summed E-state index contributed by atoms with van der Waals surface area (Å²) in [6.07, 6.45) is 9.93. The van der Waals surface area contributed by atoms with Crippen LogP contribution in [0.15, 0.2) is 17.8 Å². The van der Waals surface area contributed by atoms with Crippen molar-refractivity contribution >= 4 is 5.91 Å². The number of aromatic nitrogens is 3. The minimum atomic E-state index is 0.00000874. The minimum Gasteiger partial charge on any atom is -0.354 e. The van der Waals surface area contributed by atoms with Gasteiger partial charge in [-0.05, 0) is 39.0 Å². The van der Waals surface area contributed by atoms with E-state index in [4.69, 9.17) is 0 Å². The topological polar surface area (TPSA) is 59.8 Å². The van der Waals surface area contributed by atoms with Crippen LogP contribution in [0.25, 0.3) is 0 Å². The Morgan fingerprint density at radius 2 is 2.39 bits per heavy atom. The molecule has 0 radical (unpaired) electrons. The van der Waals surface area contributed by atoms with Crippen LogP contribution in [0.3, 0.4) is 0 Å². The molecule has 2 rings (SSSR count). The molecule has 0 bridgehead atoms. The molecule has 5 heteroatoms. The van der Waals surface area contributed by atoms with E-state index in [0.29, 0.717) is 0 Å². The first-order chi connectivity index (χ1) is 8.75. The number of allylic oxidation sites excluding steroid dienone is 1. The molecule has 1 amide bonds. The maximum absolute atomic E-state index is 11.7. The fourth-order valence-corrected chi connectivity index (χ4v) is 2.15. The molecule has 0 fully saturated rings. The third kappa shape index (κ3) is 3.68. The van der Waals surface area contributed by atoms with Crippen LogP contribution in [0.1, 0.15) is 37.8 Å². The predicted molar refractivity (Wildman–Crippen MR) is 68.9 cm³/mol. The Labute approximate surface area is 107 Å². The monoisotopic (exact) mass is 248 g/mol. The van der Waals surface area contributed by atoms with Gasteiger partial charge in [0.2, 0.25) is 5.91 Å². The van der Waals surface area contributed by atoms with Gasteiger partial charge in [-0.25, -0.2) is 4.68 Å². The molecule has 0 spiro atoms. The number of rotatable bonds is 5. The summed E-state index contributed by atoms with van der Waals surface area (Å²) in [5, 5.41) is 10.5. The van der Waals surface area contributed by atoms with Crippen molar-refractivity contribution in [3.8, 4) is 0 Å². The van der Waals surface area contributed by atoms with Gasteiger partial charge in [-0.3, -0.25) is 4.79 Å². The Morgan fingerprint density at radius 3 is 3.06 bits per heavy atom. The molecule has 18 heavy (non-hydrogen) atoms. The van der Waals surface area contributed by atoms with E-state index in [0.717, 1.165) is 18.7 Å². The number of nitrogens with zero attached hydrogens (tertiary/aromatic N) is 3. The first-order valence-electron chi connectivity index (χ1n) is 6.55. The van der Waals surface area contributed by atoms with E-state index in [9.17, 15) is 4.79 Å². The van der Waals surface area contributed by atoms with Gasteiger partial charge in [0.25, 0.3) is 0 Å². The van der Waals surface area contributed by atoms with Gasteiger partial charge in [0.05, 0.1) is 11.9 Å². The Hall–Kier alpha value is -1.65. The molecule has 0 aliphatic heterocycles. The van der Waals surface area contributed by atoms with E-state index in [-0.39, 0.29) is 12.5 Å². The average Bonchev–Trinajstić information content (AvgIpc) is 2.76. The van der Waals surface area contributed by atoms with Crippen LogP contribution < -0.4 is 5.32 Å². The van der Waals surface area contributed by atoms with E-state index in [1.807, 2.05) is 6.92 Å². The standard InChI is InChI=1S/C13H20N4O/c1-11-9-15-16-17(11)10-13(18)14-8-7-12-5-3-2-4-6-12/h5,9H,2-4,6-8,10H2,1H3,(H,14,18). The molecule has 5 nitrogen and oxygen atoms in total. The van der Waals surface area contributed by atoms with Crippen molar-refractivity contribution < 1.29 is 4.79 Å². The highest BCUT2D eigenvalue weighted by Crippen LogP contribution is 2.19. The van der Waals surface area contributed by atoms with Crippen molar-refractivity contribution in [3.05, 3.63) is 23.5 Å². The lowest BCUT2D eigenvalue weighted by molar-refractivity contribution is -0.121. The summed E-state index contributed by atoms with van der Waals surface area (Å²) >= 11 is 0. The van der Waals surface area contributed by atoms with Crippen molar-refractivity contribution in [2.75, 3.05) is 6.54 Å². The fraction of sp³-hybridized carbons (Fsp3) is 0.615. The van der Waals surface area contributed by atoms with Gasteiger partial charge in [0.15, 0.2) is 0 Å². The molecule has 1 aromatic rings. The molecule has 1 aromatic heterocycles. The minimum absolute atomic E-state index is 0.00000874. The quantitative estimate of drug-likeness (QED) is 0.805. The summed E-state index contributed by atoms with van der Waals surface area (Å²) in [7, 11) is 0. The lowest BCUT2D eigenvalue weighted by atomic mass is 9.97. The van der Waals surface area contributed by atoms with E-state index in [2.05, 4.69) is 21.7 Å². The van der Waals surface area contributed by atoms with Crippen LogP contribution in [0, 0.1) is 6.92 Å². The average molecular weight is 248 g/mol. The molecule has 1 heterocycles. The number of nitrogens with one attached hydrogen (secondary N) is 1. The third-order valence-corrected chi connectivity index (χ3v) is 3.26. The second kappa shape index (κ2) is 6.33. The first kappa shape index (κ1) is 12.8. The molecule has 0 saturated heterocycles. The van der Waals surface area contributed by atoms with Gasteiger partial charge in [0, 0.05) is 6.54 Å². The normalized spacial score (nSPS) is 15.3. The molecule has 1 aliphatic rings. The molecule has 98 valence electrons. The van der Waals surface area contributed by atoms with Crippen LogP contribution in [0.2, 0.25) is 0 Å². The van der Waals surface area contributed by atoms with Crippen molar-refractivity contribution in [2.45, 2.75) is 45.6 Å². The van der Waals surface area contributed by atoms with E-state index in [1.54, 1.807) is 10.9 Å². The molecule has 1 aliphatic carbocycles. The highest BCUT2D eigenvalue weighted by molar-refractivity contribution is 5.75. The second-order valence-corrected chi connectivity index (χ2v) is 4.74. The third-order valence-electron chi connectivity index (χ3n) is 3.26. The number of aryl methyl sites for hydroxylation is 1. The summed E-state index contributed by atoms with van der Waals surface area (Å²) in [6, 6.07) is 0. The number of carbonyl (C=O) groups excluding carboxylic acids is 1. The highest BCUT2D eigenvalue weighted by Gasteiger charge is 2.07. The molecular formula is C13H20N4O.